The van der Waals surface area contributed by atoms with Crippen LogP contribution in [0.15, 0.2) is 54.6 Å². The summed E-state index contributed by atoms with van der Waals surface area (Å²) in [6, 6.07) is 16.7. The van der Waals surface area contributed by atoms with Gasteiger partial charge in [-0.05, 0) is 29.8 Å². The van der Waals surface area contributed by atoms with Gasteiger partial charge in [-0.1, -0.05) is 30.3 Å². The monoisotopic (exact) mass is 392 g/mol. The quantitative estimate of drug-likeness (QED) is 0.603. The standard InChI is InChI=1S/C19H24N2O5S/c1-16(22)20-18-9-7-17(8-10-18)15-21(12-14-27(23,24)25)11-13-26-19-5-3-2-4-6-19/h2-10H,11-15H2,1H3,(H,20,22)(H,23,24,25). The molecule has 0 heterocycles. The molecule has 0 bridgehead atoms. The highest BCUT2D eigenvalue weighted by atomic mass is 32.2. The summed E-state index contributed by atoms with van der Waals surface area (Å²) in [5.41, 5.74) is 1.65. The van der Waals surface area contributed by atoms with E-state index >= 15 is 0 Å². The number of carbonyl (C=O) groups is 1. The van der Waals surface area contributed by atoms with Crippen molar-refractivity contribution in [2.45, 2.75) is 13.5 Å². The molecule has 2 rings (SSSR count). The third kappa shape index (κ3) is 8.67. The molecule has 7 nitrogen and oxygen atoms in total. The minimum absolute atomic E-state index is 0.143. The van der Waals surface area contributed by atoms with Crippen molar-refractivity contribution < 1.29 is 22.5 Å². The van der Waals surface area contributed by atoms with Gasteiger partial charge in [-0.2, -0.15) is 8.42 Å². The molecule has 0 aliphatic heterocycles. The van der Waals surface area contributed by atoms with Crippen molar-refractivity contribution in [2.24, 2.45) is 0 Å². The summed E-state index contributed by atoms with van der Waals surface area (Å²) in [4.78, 5) is 13.0. The Hall–Kier alpha value is -2.42. The SMILES string of the molecule is CC(=O)Nc1ccc(CN(CCOc2ccccc2)CCS(=O)(=O)O)cc1. The second-order valence-corrected chi connectivity index (χ2v) is 7.67. The molecule has 2 aromatic rings. The topological polar surface area (TPSA) is 95.9 Å². The number of rotatable bonds is 10. The number of anilines is 1. The maximum atomic E-state index is 11.1. The van der Waals surface area contributed by atoms with E-state index in [0.29, 0.717) is 25.4 Å². The Morgan fingerprint density at radius 3 is 2.33 bits per heavy atom. The summed E-state index contributed by atoms with van der Waals surface area (Å²) in [6.07, 6.45) is 0. The molecule has 2 aromatic carbocycles. The summed E-state index contributed by atoms with van der Waals surface area (Å²) in [5, 5.41) is 2.70. The molecule has 0 atom stereocenters. The van der Waals surface area contributed by atoms with E-state index < -0.39 is 10.1 Å². The molecule has 1 amide bonds. The Balaban J connectivity index is 1.95. The van der Waals surface area contributed by atoms with Crippen LogP contribution in [-0.2, 0) is 21.5 Å². The first-order valence-electron chi connectivity index (χ1n) is 8.54. The lowest BCUT2D eigenvalue weighted by molar-refractivity contribution is -0.114. The summed E-state index contributed by atoms with van der Waals surface area (Å²) in [7, 11) is -4.04. The smallest absolute Gasteiger partial charge is 0.266 e. The molecule has 0 radical (unpaired) electrons. The molecule has 146 valence electrons. The summed E-state index contributed by atoms with van der Waals surface area (Å²) >= 11 is 0. The maximum Gasteiger partial charge on any atom is 0.266 e. The highest BCUT2D eigenvalue weighted by molar-refractivity contribution is 7.85. The fourth-order valence-corrected chi connectivity index (χ4v) is 2.97. The fourth-order valence-electron chi connectivity index (χ4n) is 2.48. The van der Waals surface area contributed by atoms with Crippen molar-refractivity contribution in [2.75, 3.05) is 30.8 Å². The molecule has 8 heteroatoms. The predicted molar refractivity (Wildman–Crippen MR) is 104 cm³/mol. The molecular formula is C19H24N2O5S. The zero-order valence-electron chi connectivity index (χ0n) is 15.2. The molecule has 27 heavy (non-hydrogen) atoms. The van der Waals surface area contributed by atoms with Gasteiger partial charge in [0, 0.05) is 32.2 Å². The number of benzene rings is 2. The van der Waals surface area contributed by atoms with Crippen molar-refractivity contribution in [1.82, 2.24) is 4.90 Å². The Morgan fingerprint density at radius 2 is 1.74 bits per heavy atom. The fraction of sp³-hybridized carbons (Fsp3) is 0.316. The van der Waals surface area contributed by atoms with Gasteiger partial charge < -0.3 is 10.1 Å². The molecular weight excluding hydrogens is 368 g/mol. The van der Waals surface area contributed by atoms with Gasteiger partial charge in [-0.25, -0.2) is 0 Å². The lowest BCUT2D eigenvalue weighted by atomic mass is 10.2. The molecule has 0 saturated heterocycles. The van der Waals surface area contributed by atoms with Gasteiger partial charge in [0.25, 0.3) is 10.1 Å². The van der Waals surface area contributed by atoms with Gasteiger partial charge in [0.1, 0.15) is 12.4 Å². The van der Waals surface area contributed by atoms with Crippen LogP contribution >= 0.6 is 0 Å². The maximum absolute atomic E-state index is 11.1. The second kappa shape index (κ2) is 10.1. The normalized spacial score (nSPS) is 11.4. The Morgan fingerprint density at radius 1 is 1.07 bits per heavy atom. The first-order valence-corrected chi connectivity index (χ1v) is 10.1. The van der Waals surface area contributed by atoms with Crippen molar-refractivity contribution in [3.05, 3.63) is 60.2 Å². The van der Waals surface area contributed by atoms with Crippen molar-refractivity contribution in [3.8, 4) is 5.75 Å². The van der Waals surface area contributed by atoms with Gasteiger partial charge in [-0.15, -0.1) is 0 Å². The summed E-state index contributed by atoms with van der Waals surface area (Å²) < 4.78 is 36.9. The average molecular weight is 392 g/mol. The molecule has 0 spiro atoms. The third-order valence-electron chi connectivity index (χ3n) is 3.77. The number of hydrogen-bond donors (Lipinski definition) is 2. The number of carbonyl (C=O) groups excluding carboxylic acids is 1. The van der Waals surface area contributed by atoms with Crippen molar-refractivity contribution >= 4 is 21.7 Å². The molecule has 0 aromatic heterocycles. The van der Waals surface area contributed by atoms with Crippen LogP contribution in [0.2, 0.25) is 0 Å². The Kier molecular flexibility index (Phi) is 7.78. The molecule has 0 unspecified atom stereocenters. The molecule has 2 N–H and O–H groups in total. The van der Waals surface area contributed by atoms with Gasteiger partial charge in [0.2, 0.25) is 5.91 Å². The van der Waals surface area contributed by atoms with E-state index in [1.54, 1.807) is 12.1 Å². The lowest BCUT2D eigenvalue weighted by Gasteiger charge is -2.22. The number of hydrogen-bond acceptors (Lipinski definition) is 5. The van der Waals surface area contributed by atoms with Gasteiger partial charge in [-0.3, -0.25) is 14.2 Å². The van der Waals surface area contributed by atoms with Crippen LogP contribution in [0.4, 0.5) is 5.69 Å². The third-order valence-corrected chi connectivity index (χ3v) is 4.46. The highest BCUT2D eigenvalue weighted by Gasteiger charge is 2.12. The number of nitrogens with one attached hydrogen (secondary N) is 1. The van der Waals surface area contributed by atoms with Crippen LogP contribution in [0.25, 0.3) is 0 Å². The van der Waals surface area contributed by atoms with E-state index in [1.165, 1.54) is 6.92 Å². The van der Waals surface area contributed by atoms with Crippen LogP contribution in [0.5, 0.6) is 5.75 Å². The first-order chi connectivity index (χ1) is 12.8. The van der Waals surface area contributed by atoms with Gasteiger partial charge >= 0.3 is 0 Å². The van der Waals surface area contributed by atoms with E-state index in [9.17, 15) is 13.2 Å². The average Bonchev–Trinajstić information content (AvgIpc) is 2.61. The molecule has 0 saturated carbocycles. The largest absolute Gasteiger partial charge is 0.492 e. The van der Waals surface area contributed by atoms with Crippen LogP contribution < -0.4 is 10.1 Å². The van der Waals surface area contributed by atoms with Crippen LogP contribution in [-0.4, -0.2) is 49.2 Å². The Labute approximate surface area is 159 Å². The van der Waals surface area contributed by atoms with E-state index in [4.69, 9.17) is 9.29 Å². The van der Waals surface area contributed by atoms with Gasteiger partial charge in [0.05, 0.1) is 5.75 Å². The van der Waals surface area contributed by atoms with E-state index in [-0.39, 0.29) is 18.2 Å². The minimum Gasteiger partial charge on any atom is -0.492 e. The number of nitrogens with zero attached hydrogens (tertiary/aromatic N) is 1. The zero-order chi connectivity index (χ0) is 19.7. The molecule has 0 fully saturated rings. The van der Waals surface area contributed by atoms with Crippen molar-refractivity contribution in [3.63, 3.8) is 0 Å². The lowest BCUT2D eigenvalue weighted by Crippen LogP contribution is -2.32. The number of ether oxygens (including phenoxy) is 1. The van der Waals surface area contributed by atoms with Crippen LogP contribution in [0.1, 0.15) is 12.5 Å². The minimum atomic E-state index is -4.04. The highest BCUT2D eigenvalue weighted by Crippen LogP contribution is 2.12. The summed E-state index contributed by atoms with van der Waals surface area (Å²) in [6.45, 7) is 3.01. The molecule has 0 aliphatic carbocycles. The number of para-hydroxylation sites is 1. The Bertz CT molecular complexity index is 823. The summed E-state index contributed by atoms with van der Waals surface area (Å²) in [5.74, 6) is 0.255. The number of amides is 1. The van der Waals surface area contributed by atoms with Crippen molar-refractivity contribution in [1.29, 1.82) is 0 Å². The second-order valence-electron chi connectivity index (χ2n) is 6.10. The van der Waals surface area contributed by atoms with Crippen LogP contribution in [0, 0.1) is 0 Å². The first kappa shape index (κ1) is 20.9. The van der Waals surface area contributed by atoms with Crippen LogP contribution in [0.3, 0.4) is 0 Å². The molecule has 0 aliphatic rings. The van der Waals surface area contributed by atoms with E-state index in [1.807, 2.05) is 47.4 Å². The van der Waals surface area contributed by atoms with Gasteiger partial charge in [0.15, 0.2) is 0 Å². The zero-order valence-corrected chi connectivity index (χ0v) is 16.0. The van der Waals surface area contributed by atoms with E-state index in [2.05, 4.69) is 5.32 Å². The van der Waals surface area contributed by atoms with E-state index in [0.717, 1.165) is 11.3 Å². The predicted octanol–water partition coefficient (Wildman–Crippen LogP) is 2.41.